The van der Waals surface area contributed by atoms with E-state index in [1.54, 1.807) is 23.1 Å². The highest BCUT2D eigenvalue weighted by atomic mass is 32.1. The zero-order valence-electron chi connectivity index (χ0n) is 16.8. The minimum absolute atomic E-state index is 0.0900. The first-order valence-corrected chi connectivity index (χ1v) is 10.8. The van der Waals surface area contributed by atoms with Crippen LogP contribution in [-0.4, -0.2) is 30.9 Å². The van der Waals surface area contributed by atoms with Gasteiger partial charge in [0.05, 0.1) is 0 Å². The lowest BCUT2D eigenvalue weighted by Crippen LogP contribution is -2.24. The highest BCUT2D eigenvalue weighted by Crippen LogP contribution is 2.26. The number of rotatable bonds is 8. The zero-order valence-corrected chi connectivity index (χ0v) is 17.6. The molecule has 0 bridgehead atoms. The van der Waals surface area contributed by atoms with Crippen LogP contribution in [0, 0.1) is 0 Å². The van der Waals surface area contributed by atoms with Crippen LogP contribution in [0.25, 0.3) is 0 Å². The molecular weight excluding hydrogens is 388 g/mol. The molecule has 154 valence electrons. The molecule has 0 spiro atoms. The number of aryl methyl sites for hydroxylation is 2. The molecule has 0 atom stereocenters. The maximum Gasteiger partial charge on any atom is 0.348 e. The van der Waals surface area contributed by atoms with Gasteiger partial charge >= 0.3 is 5.97 Å². The van der Waals surface area contributed by atoms with Gasteiger partial charge in [-0.15, -0.1) is 11.3 Å². The van der Waals surface area contributed by atoms with Crippen LogP contribution in [0.4, 0.5) is 11.4 Å². The van der Waals surface area contributed by atoms with Gasteiger partial charge in [-0.2, -0.15) is 0 Å². The van der Waals surface area contributed by atoms with Gasteiger partial charge < -0.3 is 15.0 Å². The van der Waals surface area contributed by atoms with E-state index in [0.717, 1.165) is 31.4 Å². The van der Waals surface area contributed by atoms with Crippen LogP contribution >= 0.6 is 11.3 Å². The van der Waals surface area contributed by atoms with E-state index >= 15 is 0 Å². The van der Waals surface area contributed by atoms with Gasteiger partial charge in [-0.25, -0.2) is 4.79 Å². The fraction of sp³-hybridized carbons (Fsp3) is 0.409. The van der Waals surface area contributed by atoms with Crippen LogP contribution in [0.5, 0.6) is 0 Å². The van der Waals surface area contributed by atoms with Crippen molar-refractivity contribution in [2.24, 2.45) is 0 Å². The van der Waals surface area contributed by atoms with E-state index in [2.05, 4.69) is 19.2 Å². The second-order valence-electron chi connectivity index (χ2n) is 6.99. The molecule has 2 heterocycles. The maximum absolute atomic E-state index is 12.3. The molecule has 0 aliphatic carbocycles. The number of hydrogen-bond donors (Lipinski definition) is 1. The molecule has 1 fully saturated rings. The molecule has 0 saturated carbocycles. The lowest BCUT2D eigenvalue weighted by Gasteiger charge is -2.16. The van der Waals surface area contributed by atoms with Gasteiger partial charge in [0.1, 0.15) is 4.88 Å². The second-order valence-corrected chi connectivity index (χ2v) is 8.12. The van der Waals surface area contributed by atoms with E-state index in [-0.39, 0.29) is 12.5 Å². The number of benzene rings is 1. The molecule has 1 aromatic carbocycles. The Morgan fingerprint density at radius 1 is 1.24 bits per heavy atom. The summed E-state index contributed by atoms with van der Waals surface area (Å²) in [5.74, 6) is -0.796. The van der Waals surface area contributed by atoms with E-state index in [4.69, 9.17) is 4.74 Å². The average molecular weight is 415 g/mol. The molecule has 0 radical (unpaired) electrons. The Labute approximate surface area is 174 Å². The lowest BCUT2D eigenvalue weighted by atomic mass is 10.1. The first-order valence-electron chi connectivity index (χ1n) is 10.0. The summed E-state index contributed by atoms with van der Waals surface area (Å²) in [5, 5.41) is 2.72. The van der Waals surface area contributed by atoms with Crippen LogP contribution in [0.1, 0.15) is 53.2 Å². The van der Waals surface area contributed by atoms with Crippen LogP contribution in [-0.2, 0) is 27.2 Å². The predicted molar refractivity (Wildman–Crippen MR) is 115 cm³/mol. The minimum atomic E-state index is -0.474. The molecule has 1 aliphatic heterocycles. The number of anilines is 2. The van der Waals surface area contributed by atoms with Gasteiger partial charge in [-0.05, 0) is 49.1 Å². The Hall–Kier alpha value is -2.67. The number of esters is 1. The summed E-state index contributed by atoms with van der Waals surface area (Å²) in [7, 11) is 0. The first-order chi connectivity index (χ1) is 14.0. The molecule has 2 aromatic rings. The standard InChI is InChI=1S/C22H26N2O4S/c1-3-7-18-15(4-2)12-19(29-18)22(27)28-14-20(25)23-16-8-5-9-17(13-16)24-11-6-10-21(24)26/h5,8-9,12-13H,3-4,6-7,10-11,14H2,1-2H3,(H,23,25). The summed E-state index contributed by atoms with van der Waals surface area (Å²) in [6.45, 7) is 4.51. The predicted octanol–water partition coefficient (Wildman–Crippen LogP) is 4.19. The zero-order chi connectivity index (χ0) is 20.8. The average Bonchev–Trinajstić information content (AvgIpc) is 3.32. The fourth-order valence-corrected chi connectivity index (χ4v) is 4.63. The number of carbonyl (C=O) groups is 3. The molecular formula is C22H26N2O4S. The third kappa shape index (κ3) is 5.23. The molecule has 7 heteroatoms. The van der Waals surface area contributed by atoms with E-state index < -0.39 is 11.9 Å². The Morgan fingerprint density at radius 2 is 2.07 bits per heavy atom. The van der Waals surface area contributed by atoms with Crippen molar-refractivity contribution in [3.8, 4) is 0 Å². The van der Waals surface area contributed by atoms with Crippen molar-refractivity contribution in [1.82, 2.24) is 0 Å². The fourth-order valence-electron chi connectivity index (χ4n) is 3.38. The number of carbonyl (C=O) groups excluding carboxylic acids is 3. The van der Waals surface area contributed by atoms with Crippen LogP contribution < -0.4 is 10.2 Å². The first kappa shape index (κ1) is 21.0. The Balaban J connectivity index is 1.56. The summed E-state index contributed by atoms with van der Waals surface area (Å²) in [6.07, 6.45) is 4.22. The SMILES string of the molecule is CCCc1sc(C(=O)OCC(=O)Nc2cccc(N3CCCC3=O)c2)cc1CC. The largest absolute Gasteiger partial charge is 0.451 e. The molecule has 29 heavy (non-hydrogen) atoms. The van der Waals surface area contributed by atoms with Gasteiger partial charge in [-0.1, -0.05) is 26.3 Å². The Kier molecular flexibility index (Phi) is 7.04. The summed E-state index contributed by atoms with van der Waals surface area (Å²) in [5.41, 5.74) is 2.50. The van der Waals surface area contributed by atoms with Crippen molar-refractivity contribution in [3.63, 3.8) is 0 Å². The highest BCUT2D eigenvalue weighted by Gasteiger charge is 2.22. The van der Waals surface area contributed by atoms with E-state index in [1.165, 1.54) is 21.8 Å². The minimum Gasteiger partial charge on any atom is -0.451 e. The van der Waals surface area contributed by atoms with E-state index in [9.17, 15) is 14.4 Å². The van der Waals surface area contributed by atoms with Gasteiger partial charge in [-0.3, -0.25) is 9.59 Å². The Morgan fingerprint density at radius 3 is 2.76 bits per heavy atom. The molecule has 1 saturated heterocycles. The molecule has 1 N–H and O–H groups in total. The monoisotopic (exact) mass is 414 g/mol. The van der Waals surface area contributed by atoms with Crippen molar-refractivity contribution in [2.75, 3.05) is 23.4 Å². The normalized spacial score (nSPS) is 13.6. The van der Waals surface area contributed by atoms with E-state index in [0.29, 0.717) is 23.5 Å². The molecule has 0 unspecified atom stereocenters. The van der Waals surface area contributed by atoms with Gasteiger partial charge in [0, 0.05) is 29.2 Å². The molecule has 2 amide bonds. The summed E-state index contributed by atoms with van der Waals surface area (Å²) in [4.78, 5) is 39.9. The molecule has 6 nitrogen and oxygen atoms in total. The second kappa shape index (κ2) is 9.69. The number of nitrogens with zero attached hydrogens (tertiary/aromatic N) is 1. The lowest BCUT2D eigenvalue weighted by molar-refractivity contribution is -0.119. The van der Waals surface area contributed by atoms with Crippen LogP contribution in [0.15, 0.2) is 30.3 Å². The smallest absolute Gasteiger partial charge is 0.348 e. The number of hydrogen-bond acceptors (Lipinski definition) is 5. The van der Waals surface area contributed by atoms with Crippen molar-refractivity contribution < 1.29 is 19.1 Å². The van der Waals surface area contributed by atoms with Gasteiger partial charge in [0.25, 0.3) is 5.91 Å². The van der Waals surface area contributed by atoms with Crippen molar-refractivity contribution >= 4 is 40.5 Å². The van der Waals surface area contributed by atoms with Gasteiger partial charge in [0.15, 0.2) is 6.61 Å². The number of ether oxygens (including phenoxy) is 1. The summed E-state index contributed by atoms with van der Waals surface area (Å²) < 4.78 is 5.20. The highest BCUT2D eigenvalue weighted by molar-refractivity contribution is 7.14. The van der Waals surface area contributed by atoms with Crippen molar-refractivity contribution in [2.45, 2.75) is 46.0 Å². The third-order valence-electron chi connectivity index (χ3n) is 4.81. The number of nitrogens with one attached hydrogen (secondary N) is 1. The van der Waals surface area contributed by atoms with Crippen molar-refractivity contribution in [1.29, 1.82) is 0 Å². The molecule has 1 aromatic heterocycles. The summed E-state index contributed by atoms with van der Waals surface area (Å²) in [6, 6.07) is 9.00. The van der Waals surface area contributed by atoms with Crippen molar-refractivity contribution in [3.05, 3.63) is 45.6 Å². The van der Waals surface area contributed by atoms with Crippen LogP contribution in [0.3, 0.4) is 0 Å². The molecule has 3 rings (SSSR count). The Bertz CT molecular complexity index is 906. The number of amides is 2. The van der Waals surface area contributed by atoms with Gasteiger partial charge in [0.2, 0.25) is 5.91 Å². The number of thiophene rings is 1. The third-order valence-corrected chi connectivity index (χ3v) is 6.02. The summed E-state index contributed by atoms with van der Waals surface area (Å²) >= 11 is 1.44. The quantitative estimate of drug-likeness (QED) is 0.658. The van der Waals surface area contributed by atoms with Crippen LogP contribution in [0.2, 0.25) is 0 Å². The molecule has 1 aliphatic rings. The maximum atomic E-state index is 12.3. The van der Waals surface area contributed by atoms with E-state index in [1.807, 2.05) is 12.1 Å². The topological polar surface area (TPSA) is 75.7 Å².